The summed E-state index contributed by atoms with van der Waals surface area (Å²) in [7, 11) is 0. The molecule has 1 aliphatic rings. The van der Waals surface area contributed by atoms with Crippen LogP contribution in [0.3, 0.4) is 0 Å². The van der Waals surface area contributed by atoms with Crippen molar-refractivity contribution in [2.75, 3.05) is 13.2 Å². The van der Waals surface area contributed by atoms with E-state index in [0.29, 0.717) is 27.9 Å². The van der Waals surface area contributed by atoms with E-state index in [-0.39, 0.29) is 11.9 Å². The normalized spacial score (nSPS) is 15.4. The van der Waals surface area contributed by atoms with E-state index in [9.17, 15) is 9.59 Å². The lowest BCUT2D eigenvalue weighted by Gasteiger charge is -2.11. The first-order valence-corrected chi connectivity index (χ1v) is 11.6. The van der Waals surface area contributed by atoms with Gasteiger partial charge in [0, 0.05) is 22.8 Å². The van der Waals surface area contributed by atoms with Crippen LogP contribution in [0.1, 0.15) is 44.7 Å². The summed E-state index contributed by atoms with van der Waals surface area (Å²) in [6.07, 6.45) is 3.54. The van der Waals surface area contributed by atoms with Crippen LogP contribution in [-0.2, 0) is 9.53 Å². The number of hydrogen-bond donors (Lipinski definition) is 0. The van der Waals surface area contributed by atoms with Crippen LogP contribution in [0.4, 0.5) is 0 Å². The van der Waals surface area contributed by atoms with Crippen LogP contribution in [0.2, 0.25) is 0 Å². The standard InChI is InChI=1S/C22H24N2O3S3/c1-7-9-23-19(25)17(30-22(23)28)11-16-10-12(3)24(14(16)5)20-18(21(26)27-8-2)13(4)15(6)29-20/h7,10-11H,1,8-9H2,2-6H3/b17-11-. The number of thiophene rings is 1. The zero-order valence-electron chi connectivity index (χ0n) is 17.7. The topological polar surface area (TPSA) is 51.5 Å². The maximum Gasteiger partial charge on any atom is 0.341 e. The van der Waals surface area contributed by atoms with Crippen molar-refractivity contribution >= 4 is 57.6 Å². The molecule has 8 heteroatoms. The second kappa shape index (κ2) is 8.91. The minimum atomic E-state index is -0.311. The number of esters is 1. The maximum atomic E-state index is 12.7. The monoisotopic (exact) mass is 460 g/mol. The van der Waals surface area contributed by atoms with Crippen LogP contribution in [-0.4, -0.2) is 38.8 Å². The lowest BCUT2D eigenvalue weighted by molar-refractivity contribution is -0.121. The van der Waals surface area contributed by atoms with Crippen LogP contribution in [0.5, 0.6) is 0 Å². The second-order valence-electron chi connectivity index (χ2n) is 6.93. The van der Waals surface area contributed by atoms with E-state index in [0.717, 1.165) is 32.4 Å². The fraction of sp³-hybridized carbons (Fsp3) is 0.318. The fourth-order valence-electron chi connectivity index (χ4n) is 3.38. The molecule has 0 unspecified atom stereocenters. The smallest absolute Gasteiger partial charge is 0.341 e. The number of nitrogens with zero attached hydrogens (tertiary/aromatic N) is 2. The number of carbonyl (C=O) groups excluding carboxylic acids is 2. The number of aryl methyl sites for hydroxylation is 2. The van der Waals surface area contributed by atoms with Gasteiger partial charge in [0.15, 0.2) is 0 Å². The highest BCUT2D eigenvalue weighted by Gasteiger charge is 2.31. The molecular weight excluding hydrogens is 436 g/mol. The number of thiocarbonyl (C=S) groups is 1. The van der Waals surface area contributed by atoms with Gasteiger partial charge in [0.25, 0.3) is 5.91 Å². The van der Waals surface area contributed by atoms with Gasteiger partial charge in [-0.15, -0.1) is 17.9 Å². The van der Waals surface area contributed by atoms with Gasteiger partial charge in [0.2, 0.25) is 0 Å². The zero-order chi connectivity index (χ0) is 22.2. The Bertz CT molecular complexity index is 1090. The number of amides is 1. The minimum Gasteiger partial charge on any atom is -0.462 e. The van der Waals surface area contributed by atoms with E-state index in [1.165, 1.54) is 11.8 Å². The van der Waals surface area contributed by atoms with Crippen molar-refractivity contribution in [3.05, 3.63) is 56.6 Å². The molecule has 1 saturated heterocycles. The van der Waals surface area contributed by atoms with Gasteiger partial charge in [-0.25, -0.2) is 4.79 Å². The summed E-state index contributed by atoms with van der Waals surface area (Å²) in [4.78, 5) is 28.5. The van der Waals surface area contributed by atoms with Crippen molar-refractivity contribution in [1.82, 2.24) is 9.47 Å². The van der Waals surface area contributed by atoms with Crippen LogP contribution < -0.4 is 0 Å². The molecule has 158 valence electrons. The largest absolute Gasteiger partial charge is 0.462 e. The first-order valence-electron chi connectivity index (χ1n) is 9.53. The number of hydrogen-bond acceptors (Lipinski definition) is 6. The molecule has 0 aliphatic carbocycles. The molecule has 1 aliphatic heterocycles. The summed E-state index contributed by atoms with van der Waals surface area (Å²) in [5, 5.41) is 0.845. The molecule has 0 bridgehead atoms. The van der Waals surface area contributed by atoms with Crippen molar-refractivity contribution < 1.29 is 14.3 Å². The van der Waals surface area contributed by atoms with Gasteiger partial charge in [-0.3, -0.25) is 9.69 Å². The van der Waals surface area contributed by atoms with Gasteiger partial charge in [-0.05, 0) is 57.9 Å². The fourth-order valence-corrected chi connectivity index (χ4v) is 5.91. The Morgan fingerprint density at radius 1 is 1.30 bits per heavy atom. The van der Waals surface area contributed by atoms with E-state index in [1.54, 1.807) is 29.2 Å². The summed E-state index contributed by atoms with van der Waals surface area (Å²) in [6.45, 7) is 14.2. The highest BCUT2D eigenvalue weighted by atomic mass is 32.2. The number of carbonyl (C=O) groups is 2. The average molecular weight is 461 g/mol. The average Bonchev–Trinajstić information content (AvgIpc) is 3.23. The zero-order valence-corrected chi connectivity index (χ0v) is 20.1. The summed E-state index contributed by atoms with van der Waals surface area (Å²) in [5.74, 6) is -0.418. The van der Waals surface area contributed by atoms with Gasteiger partial charge < -0.3 is 9.30 Å². The molecule has 30 heavy (non-hydrogen) atoms. The molecule has 3 rings (SSSR count). The second-order valence-corrected chi connectivity index (χ2v) is 9.81. The lowest BCUT2D eigenvalue weighted by atomic mass is 10.1. The summed E-state index contributed by atoms with van der Waals surface area (Å²) < 4.78 is 7.90. The molecule has 2 aromatic rings. The van der Waals surface area contributed by atoms with E-state index >= 15 is 0 Å². The molecule has 0 spiro atoms. The third-order valence-electron chi connectivity index (χ3n) is 4.99. The van der Waals surface area contributed by atoms with Crippen molar-refractivity contribution in [3.63, 3.8) is 0 Å². The van der Waals surface area contributed by atoms with E-state index in [4.69, 9.17) is 17.0 Å². The van der Waals surface area contributed by atoms with E-state index < -0.39 is 0 Å². The van der Waals surface area contributed by atoms with Crippen molar-refractivity contribution in [2.24, 2.45) is 0 Å². The van der Waals surface area contributed by atoms with Gasteiger partial charge in [-0.2, -0.15) is 0 Å². The number of thioether (sulfide) groups is 1. The van der Waals surface area contributed by atoms with Gasteiger partial charge in [-0.1, -0.05) is 30.1 Å². The maximum absolute atomic E-state index is 12.7. The van der Waals surface area contributed by atoms with E-state index in [1.807, 2.05) is 39.8 Å². The Balaban J connectivity index is 2.08. The molecule has 0 radical (unpaired) electrons. The van der Waals surface area contributed by atoms with Gasteiger partial charge in [0.05, 0.1) is 17.1 Å². The van der Waals surface area contributed by atoms with Crippen LogP contribution >= 0.6 is 35.3 Å². The first-order chi connectivity index (χ1) is 14.2. The molecule has 1 fully saturated rings. The van der Waals surface area contributed by atoms with Gasteiger partial charge in [0.1, 0.15) is 9.32 Å². The van der Waals surface area contributed by atoms with Gasteiger partial charge >= 0.3 is 5.97 Å². The van der Waals surface area contributed by atoms with Crippen molar-refractivity contribution in [2.45, 2.75) is 34.6 Å². The number of ether oxygens (including phenoxy) is 1. The third-order valence-corrected chi connectivity index (χ3v) is 7.56. The Morgan fingerprint density at radius 3 is 2.63 bits per heavy atom. The van der Waals surface area contributed by atoms with Crippen LogP contribution in [0.15, 0.2) is 23.6 Å². The summed E-state index contributed by atoms with van der Waals surface area (Å²) in [5.41, 5.74) is 4.39. The summed E-state index contributed by atoms with van der Waals surface area (Å²) >= 11 is 8.20. The molecule has 0 N–H and O–H groups in total. The highest BCUT2D eigenvalue weighted by molar-refractivity contribution is 8.26. The minimum absolute atomic E-state index is 0.107. The molecule has 1 amide bonds. The Kier molecular flexibility index (Phi) is 6.69. The molecule has 5 nitrogen and oxygen atoms in total. The highest BCUT2D eigenvalue weighted by Crippen LogP contribution is 2.37. The Morgan fingerprint density at radius 2 is 2.00 bits per heavy atom. The first kappa shape index (κ1) is 22.5. The third kappa shape index (κ3) is 3.91. The molecular formula is C22H24N2O3S3. The number of rotatable bonds is 6. The Labute approximate surface area is 190 Å². The predicted octanol–water partition coefficient (Wildman–Crippen LogP) is 5.34. The van der Waals surface area contributed by atoms with Crippen molar-refractivity contribution in [3.8, 4) is 5.00 Å². The van der Waals surface area contributed by atoms with Crippen LogP contribution in [0.25, 0.3) is 11.1 Å². The number of aromatic nitrogens is 1. The van der Waals surface area contributed by atoms with Crippen molar-refractivity contribution in [1.29, 1.82) is 0 Å². The summed E-state index contributed by atoms with van der Waals surface area (Å²) in [6, 6.07) is 2.02. The molecule has 0 aromatic carbocycles. The molecule has 0 saturated carbocycles. The Hall–Kier alpha value is -2.16. The van der Waals surface area contributed by atoms with Crippen LogP contribution in [0, 0.1) is 27.7 Å². The molecule has 3 heterocycles. The lowest BCUT2D eigenvalue weighted by Crippen LogP contribution is -2.27. The van der Waals surface area contributed by atoms with E-state index in [2.05, 4.69) is 11.1 Å². The molecule has 0 atom stereocenters. The molecule has 2 aromatic heterocycles. The predicted molar refractivity (Wildman–Crippen MR) is 129 cm³/mol. The SMILES string of the molecule is C=CCN1C(=O)/C(=C/c2cc(C)n(-c3sc(C)c(C)c3C(=O)OCC)c2C)SC1=S. The quantitative estimate of drug-likeness (QED) is 0.252.